The van der Waals surface area contributed by atoms with E-state index >= 15 is 0 Å². The lowest BCUT2D eigenvalue weighted by Gasteiger charge is -2.36. The van der Waals surface area contributed by atoms with E-state index in [0.717, 1.165) is 13.1 Å². The van der Waals surface area contributed by atoms with Crippen LogP contribution in [-0.2, 0) is 0 Å². The third kappa shape index (κ3) is 4.64. The zero-order valence-corrected chi connectivity index (χ0v) is 12.6. The average Bonchev–Trinajstić information content (AvgIpc) is 2.37. The number of rotatable bonds is 5. The van der Waals surface area contributed by atoms with Crippen molar-refractivity contribution in [3.8, 4) is 5.75 Å². The summed E-state index contributed by atoms with van der Waals surface area (Å²) in [5.74, 6) is 1.47. The normalized spacial score (nSPS) is 25.0. The Morgan fingerprint density at radius 2 is 1.86 bits per heavy atom. The van der Waals surface area contributed by atoms with Gasteiger partial charge >= 0.3 is 6.61 Å². The molecule has 1 saturated heterocycles. The molecule has 1 aliphatic rings. The van der Waals surface area contributed by atoms with Gasteiger partial charge in [0.25, 0.3) is 0 Å². The molecule has 1 heterocycles. The van der Waals surface area contributed by atoms with Gasteiger partial charge in [-0.05, 0) is 24.3 Å². The molecule has 3 atom stereocenters. The van der Waals surface area contributed by atoms with Gasteiger partial charge in [0.2, 0.25) is 0 Å². The summed E-state index contributed by atoms with van der Waals surface area (Å²) in [6, 6.07) is 6.47. The Kier molecular flexibility index (Phi) is 5.53. The van der Waals surface area contributed by atoms with Crippen LogP contribution in [0.1, 0.15) is 31.9 Å². The molecular weight excluding hydrogens is 274 g/mol. The second-order valence-electron chi connectivity index (χ2n) is 6.19. The van der Waals surface area contributed by atoms with Crippen molar-refractivity contribution in [2.75, 3.05) is 19.6 Å². The molecule has 118 valence electrons. The monoisotopic (exact) mass is 298 g/mol. The third-order valence-corrected chi connectivity index (χ3v) is 3.93. The fraction of sp³-hybridized carbons (Fsp3) is 0.625. The summed E-state index contributed by atoms with van der Waals surface area (Å²) >= 11 is 0. The molecule has 2 rings (SSSR count). The largest absolute Gasteiger partial charge is 0.434 e. The van der Waals surface area contributed by atoms with Gasteiger partial charge in [0.05, 0.1) is 0 Å². The van der Waals surface area contributed by atoms with Crippen LogP contribution in [0.4, 0.5) is 8.78 Å². The molecule has 0 aromatic heterocycles. The van der Waals surface area contributed by atoms with E-state index < -0.39 is 6.61 Å². The topological polar surface area (TPSA) is 38.5 Å². The maximum atomic E-state index is 12.5. The van der Waals surface area contributed by atoms with Crippen LogP contribution in [-0.4, -0.2) is 31.1 Å². The first-order valence-corrected chi connectivity index (χ1v) is 7.47. The van der Waals surface area contributed by atoms with Crippen molar-refractivity contribution in [2.45, 2.75) is 32.9 Å². The Bertz CT molecular complexity index is 446. The van der Waals surface area contributed by atoms with Crippen LogP contribution in [0.15, 0.2) is 24.3 Å². The number of ether oxygens (including phenoxy) is 1. The molecule has 5 heteroatoms. The molecule has 0 spiro atoms. The van der Waals surface area contributed by atoms with Gasteiger partial charge in [-0.25, -0.2) is 0 Å². The second-order valence-corrected chi connectivity index (χ2v) is 6.19. The van der Waals surface area contributed by atoms with E-state index in [-0.39, 0.29) is 11.8 Å². The fourth-order valence-corrected chi connectivity index (χ4v) is 3.31. The fourth-order valence-electron chi connectivity index (χ4n) is 3.31. The Balaban J connectivity index is 2.04. The first kappa shape index (κ1) is 16.2. The van der Waals surface area contributed by atoms with E-state index in [1.807, 2.05) is 0 Å². The van der Waals surface area contributed by atoms with Gasteiger partial charge in [-0.1, -0.05) is 32.0 Å². The zero-order chi connectivity index (χ0) is 15.4. The number of nitrogens with two attached hydrogens (primary N) is 1. The molecule has 0 amide bonds. The summed E-state index contributed by atoms with van der Waals surface area (Å²) in [5.41, 5.74) is 6.87. The van der Waals surface area contributed by atoms with E-state index in [9.17, 15) is 8.78 Å². The molecule has 3 nitrogen and oxygen atoms in total. The molecule has 0 aliphatic carbocycles. The summed E-state index contributed by atoms with van der Waals surface area (Å²) in [5, 5.41) is 0. The molecule has 0 saturated carbocycles. The van der Waals surface area contributed by atoms with Gasteiger partial charge in [-0.2, -0.15) is 8.78 Å². The van der Waals surface area contributed by atoms with Gasteiger partial charge in [0.15, 0.2) is 0 Å². The average molecular weight is 298 g/mol. The molecule has 1 aromatic carbocycles. The van der Waals surface area contributed by atoms with Gasteiger partial charge in [0, 0.05) is 31.2 Å². The minimum Gasteiger partial charge on any atom is -0.434 e. The number of para-hydroxylation sites is 1. The van der Waals surface area contributed by atoms with Gasteiger partial charge < -0.3 is 15.4 Å². The number of benzene rings is 1. The Morgan fingerprint density at radius 1 is 1.24 bits per heavy atom. The van der Waals surface area contributed by atoms with Crippen molar-refractivity contribution in [1.82, 2.24) is 4.90 Å². The predicted octanol–water partition coefficient (Wildman–Crippen LogP) is 3.27. The summed E-state index contributed by atoms with van der Waals surface area (Å²) in [4.78, 5) is 2.32. The molecule has 0 radical (unpaired) electrons. The van der Waals surface area contributed by atoms with E-state index in [0.29, 0.717) is 23.9 Å². The minimum atomic E-state index is -2.83. The minimum absolute atomic E-state index is 0.179. The van der Waals surface area contributed by atoms with Crippen LogP contribution in [0, 0.1) is 11.8 Å². The van der Waals surface area contributed by atoms with E-state index in [1.54, 1.807) is 24.3 Å². The van der Waals surface area contributed by atoms with Crippen molar-refractivity contribution < 1.29 is 13.5 Å². The summed E-state index contributed by atoms with van der Waals surface area (Å²) < 4.78 is 29.5. The smallest absolute Gasteiger partial charge is 0.387 e. The van der Waals surface area contributed by atoms with Crippen LogP contribution in [0.3, 0.4) is 0 Å². The zero-order valence-electron chi connectivity index (χ0n) is 12.6. The first-order valence-electron chi connectivity index (χ1n) is 7.47. The summed E-state index contributed by atoms with van der Waals surface area (Å²) in [7, 11) is 0. The molecule has 2 N–H and O–H groups in total. The molecule has 0 bridgehead atoms. The number of hydrogen-bond donors (Lipinski definition) is 1. The predicted molar refractivity (Wildman–Crippen MR) is 79.4 cm³/mol. The lowest BCUT2D eigenvalue weighted by molar-refractivity contribution is -0.0507. The van der Waals surface area contributed by atoms with Crippen LogP contribution in [0.5, 0.6) is 5.75 Å². The number of hydrogen-bond acceptors (Lipinski definition) is 3. The van der Waals surface area contributed by atoms with Crippen LogP contribution >= 0.6 is 0 Å². The van der Waals surface area contributed by atoms with Crippen LogP contribution in [0.25, 0.3) is 0 Å². The molecule has 21 heavy (non-hydrogen) atoms. The maximum Gasteiger partial charge on any atom is 0.387 e. The Hall–Kier alpha value is -1.20. The lowest BCUT2D eigenvalue weighted by Crippen LogP contribution is -2.42. The summed E-state index contributed by atoms with van der Waals surface area (Å²) in [6.45, 7) is 4.34. The van der Waals surface area contributed by atoms with Crippen molar-refractivity contribution in [3.63, 3.8) is 0 Å². The number of halogens is 2. The van der Waals surface area contributed by atoms with E-state index in [2.05, 4.69) is 23.5 Å². The van der Waals surface area contributed by atoms with Gasteiger partial charge in [-0.15, -0.1) is 0 Å². The molecule has 1 aromatic rings. The van der Waals surface area contributed by atoms with Crippen LogP contribution in [0.2, 0.25) is 0 Å². The van der Waals surface area contributed by atoms with Crippen molar-refractivity contribution >= 4 is 0 Å². The highest BCUT2D eigenvalue weighted by atomic mass is 19.3. The molecular formula is C16H24F2N2O. The number of piperidine rings is 1. The number of likely N-dealkylation sites (tertiary alicyclic amines) is 1. The van der Waals surface area contributed by atoms with E-state index in [4.69, 9.17) is 5.73 Å². The van der Waals surface area contributed by atoms with Gasteiger partial charge in [-0.3, -0.25) is 0 Å². The van der Waals surface area contributed by atoms with Crippen molar-refractivity contribution in [3.05, 3.63) is 29.8 Å². The molecule has 1 fully saturated rings. The number of alkyl halides is 2. The molecule has 1 aliphatic heterocycles. The number of nitrogens with zero attached hydrogens (tertiary/aromatic N) is 1. The quantitative estimate of drug-likeness (QED) is 0.906. The maximum absolute atomic E-state index is 12.5. The highest BCUT2D eigenvalue weighted by Crippen LogP contribution is 2.28. The molecule has 3 unspecified atom stereocenters. The standard InChI is InChI=1S/C16H24F2N2O/c1-11-7-12(2)9-20(8-11)10-14(19)13-5-3-4-6-15(13)21-16(17)18/h3-6,11-12,14,16H,7-10,19H2,1-2H3. The van der Waals surface area contributed by atoms with Crippen molar-refractivity contribution in [2.24, 2.45) is 17.6 Å². The van der Waals surface area contributed by atoms with Crippen LogP contribution < -0.4 is 10.5 Å². The highest BCUT2D eigenvalue weighted by molar-refractivity contribution is 5.36. The SMILES string of the molecule is CC1CC(C)CN(CC(N)c2ccccc2OC(F)F)C1. The lowest BCUT2D eigenvalue weighted by atomic mass is 9.91. The van der Waals surface area contributed by atoms with Crippen molar-refractivity contribution in [1.29, 1.82) is 0 Å². The first-order chi connectivity index (χ1) is 9.95. The van der Waals surface area contributed by atoms with Gasteiger partial charge in [0.1, 0.15) is 5.75 Å². The van der Waals surface area contributed by atoms with E-state index in [1.165, 1.54) is 6.42 Å². The summed E-state index contributed by atoms with van der Waals surface area (Å²) in [6.07, 6.45) is 1.23. The third-order valence-electron chi connectivity index (χ3n) is 3.93. The Morgan fingerprint density at radius 3 is 2.48 bits per heavy atom. The highest BCUT2D eigenvalue weighted by Gasteiger charge is 2.24. The Labute approximate surface area is 125 Å². The second kappa shape index (κ2) is 7.18.